The molecule has 4 heteroatoms. The molecule has 2 aromatic rings. The van der Waals surface area contributed by atoms with Crippen LogP contribution in [0, 0.1) is 6.92 Å². The van der Waals surface area contributed by atoms with Gasteiger partial charge in [0.05, 0.1) is 16.5 Å². The number of fused-ring (bicyclic) bond motifs is 1. The van der Waals surface area contributed by atoms with Gasteiger partial charge in [0.25, 0.3) is 0 Å². The van der Waals surface area contributed by atoms with Crippen LogP contribution in [0.25, 0.3) is 0 Å². The van der Waals surface area contributed by atoms with Crippen LogP contribution in [-0.4, -0.2) is 17.5 Å². The summed E-state index contributed by atoms with van der Waals surface area (Å²) in [6.45, 7) is 2.27. The number of Topliss-reactive ketones (excluding diaryl/α,β-unsaturated/α-hetero) is 1. The van der Waals surface area contributed by atoms with E-state index in [1.807, 2.05) is 31.2 Å². The molecule has 1 atom stereocenters. The van der Waals surface area contributed by atoms with E-state index in [0.717, 1.165) is 11.1 Å². The highest BCUT2D eigenvalue weighted by Gasteiger charge is 2.31. The standard InChI is InChI=1S/C16H13ClO3/c1-9-2-4-10(5-3-9)12-8-20-15-7-14(18)13(17)6-11(15)16(12)19/h2-7,12,18H,8H2,1H3. The molecule has 3 nitrogen and oxygen atoms in total. The maximum atomic E-state index is 12.5. The number of aryl methyl sites for hydroxylation is 1. The fourth-order valence-corrected chi connectivity index (χ4v) is 2.50. The van der Waals surface area contributed by atoms with E-state index in [9.17, 15) is 9.90 Å². The van der Waals surface area contributed by atoms with E-state index >= 15 is 0 Å². The number of phenolic OH excluding ortho intramolecular Hbond substituents is 1. The summed E-state index contributed by atoms with van der Waals surface area (Å²) >= 11 is 5.87. The lowest BCUT2D eigenvalue weighted by atomic mass is 9.88. The van der Waals surface area contributed by atoms with Crippen molar-refractivity contribution in [2.24, 2.45) is 0 Å². The van der Waals surface area contributed by atoms with Crippen molar-refractivity contribution in [3.05, 3.63) is 58.1 Å². The minimum Gasteiger partial charge on any atom is -0.506 e. The summed E-state index contributed by atoms with van der Waals surface area (Å²) in [5, 5.41) is 9.71. The normalized spacial score (nSPS) is 17.5. The molecule has 3 rings (SSSR count). The number of ether oxygens (including phenoxy) is 1. The molecule has 1 aliphatic rings. The Hall–Kier alpha value is -2.00. The summed E-state index contributed by atoms with van der Waals surface area (Å²) < 4.78 is 5.59. The molecule has 0 fully saturated rings. The van der Waals surface area contributed by atoms with Gasteiger partial charge in [-0.3, -0.25) is 4.79 Å². The lowest BCUT2D eigenvalue weighted by Crippen LogP contribution is -2.26. The van der Waals surface area contributed by atoms with Gasteiger partial charge in [0.2, 0.25) is 0 Å². The third-order valence-electron chi connectivity index (χ3n) is 3.52. The second-order valence-electron chi connectivity index (χ2n) is 4.94. The Morgan fingerprint density at radius 1 is 1.25 bits per heavy atom. The van der Waals surface area contributed by atoms with Crippen LogP contribution in [0.2, 0.25) is 5.02 Å². The third-order valence-corrected chi connectivity index (χ3v) is 3.82. The van der Waals surface area contributed by atoms with Crippen molar-refractivity contribution < 1.29 is 14.6 Å². The summed E-state index contributed by atoms with van der Waals surface area (Å²) in [4.78, 5) is 12.5. The van der Waals surface area contributed by atoms with Gasteiger partial charge in [0, 0.05) is 6.07 Å². The molecule has 2 aromatic carbocycles. The van der Waals surface area contributed by atoms with Gasteiger partial charge >= 0.3 is 0 Å². The highest BCUT2D eigenvalue weighted by molar-refractivity contribution is 6.32. The van der Waals surface area contributed by atoms with Crippen LogP contribution in [0.4, 0.5) is 0 Å². The summed E-state index contributed by atoms with van der Waals surface area (Å²) in [5.74, 6) is -0.0482. The second kappa shape index (κ2) is 4.84. The molecule has 1 heterocycles. The van der Waals surface area contributed by atoms with E-state index in [1.54, 1.807) is 0 Å². The predicted octanol–water partition coefficient (Wildman–Crippen LogP) is 3.71. The molecular formula is C16H13ClO3. The number of carbonyl (C=O) groups excluding carboxylic acids is 1. The lowest BCUT2D eigenvalue weighted by Gasteiger charge is -2.24. The van der Waals surface area contributed by atoms with Crippen LogP contribution in [0.5, 0.6) is 11.5 Å². The number of ketones is 1. The zero-order valence-corrected chi connectivity index (χ0v) is 11.6. The highest BCUT2D eigenvalue weighted by atomic mass is 35.5. The monoisotopic (exact) mass is 288 g/mol. The van der Waals surface area contributed by atoms with Gasteiger partial charge in [-0.25, -0.2) is 0 Å². The van der Waals surface area contributed by atoms with Gasteiger partial charge < -0.3 is 9.84 Å². The first-order valence-electron chi connectivity index (χ1n) is 6.32. The first-order chi connectivity index (χ1) is 9.56. The fourth-order valence-electron chi connectivity index (χ4n) is 2.34. The van der Waals surface area contributed by atoms with Crippen molar-refractivity contribution in [2.75, 3.05) is 6.61 Å². The van der Waals surface area contributed by atoms with Crippen molar-refractivity contribution in [3.8, 4) is 11.5 Å². The predicted molar refractivity (Wildman–Crippen MR) is 76.9 cm³/mol. The Morgan fingerprint density at radius 2 is 1.95 bits per heavy atom. The van der Waals surface area contributed by atoms with E-state index in [4.69, 9.17) is 16.3 Å². The van der Waals surface area contributed by atoms with Gasteiger partial charge in [-0.15, -0.1) is 0 Å². The van der Waals surface area contributed by atoms with Gasteiger partial charge in [-0.1, -0.05) is 41.4 Å². The number of carbonyl (C=O) groups is 1. The van der Waals surface area contributed by atoms with Crippen LogP contribution in [0.3, 0.4) is 0 Å². The van der Waals surface area contributed by atoms with Crippen molar-refractivity contribution in [2.45, 2.75) is 12.8 Å². The average Bonchev–Trinajstić information content (AvgIpc) is 2.43. The number of halogens is 1. The molecule has 0 radical (unpaired) electrons. The summed E-state index contributed by atoms with van der Waals surface area (Å²) in [6.07, 6.45) is 0. The van der Waals surface area contributed by atoms with Crippen LogP contribution in [0.1, 0.15) is 27.4 Å². The molecule has 1 unspecified atom stereocenters. The first kappa shape index (κ1) is 13.0. The van der Waals surface area contributed by atoms with E-state index in [2.05, 4.69) is 0 Å². The molecule has 102 valence electrons. The second-order valence-corrected chi connectivity index (χ2v) is 5.35. The molecule has 0 aliphatic carbocycles. The maximum absolute atomic E-state index is 12.5. The molecule has 0 saturated carbocycles. The quantitative estimate of drug-likeness (QED) is 0.870. The Morgan fingerprint density at radius 3 is 2.65 bits per heavy atom. The van der Waals surface area contributed by atoms with Crippen LogP contribution in [-0.2, 0) is 0 Å². The molecule has 0 saturated heterocycles. The number of phenols is 1. The van der Waals surface area contributed by atoms with Crippen molar-refractivity contribution in [1.82, 2.24) is 0 Å². The van der Waals surface area contributed by atoms with Crippen LogP contribution >= 0.6 is 11.6 Å². The maximum Gasteiger partial charge on any atom is 0.177 e. The van der Waals surface area contributed by atoms with Gasteiger partial charge in [0.1, 0.15) is 18.1 Å². The van der Waals surface area contributed by atoms with E-state index in [-0.39, 0.29) is 29.1 Å². The van der Waals surface area contributed by atoms with E-state index in [0.29, 0.717) is 11.3 Å². The average molecular weight is 289 g/mol. The first-order valence-corrected chi connectivity index (χ1v) is 6.70. The van der Waals surface area contributed by atoms with E-state index < -0.39 is 0 Å². The number of aromatic hydroxyl groups is 1. The molecule has 0 bridgehead atoms. The Kier molecular flexibility index (Phi) is 3.14. The molecule has 0 spiro atoms. The Bertz CT molecular complexity index is 677. The number of benzene rings is 2. The number of hydrogen-bond acceptors (Lipinski definition) is 3. The van der Waals surface area contributed by atoms with Gasteiger partial charge in [-0.2, -0.15) is 0 Å². The van der Waals surface area contributed by atoms with Crippen LogP contribution < -0.4 is 4.74 Å². The fraction of sp³-hybridized carbons (Fsp3) is 0.188. The van der Waals surface area contributed by atoms with Crippen molar-refractivity contribution in [3.63, 3.8) is 0 Å². The zero-order valence-electron chi connectivity index (χ0n) is 10.9. The van der Waals surface area contributed by atoms with Crippen molar-refractivity contribution in [1.29, 1.82) is 0 Å². The summed E-state index contributed by atoms with van der Waals surface area (Å²) in [5.41, 5.74) is 2.49. The minimum atomic E-state index is -0.330. The molecule has 20 heavy (non-hydrogen) atoms. The van der Waals surface area contributed by atoms with Crippen LogP contribution in [0.15, 0.2) is 36.4 Å². The largest absolute Gasteiger partial charge is 0.506 e. The zero-order chi connectivity index (χ0) is 14.3. The number of rotatable bonds is 1. The molecule has 1 aliphatic heterocycles. The molecule has 0 amide bonds. The van der Waals surface area contributed by atoms with Crippen molar-refractivity contribution >= 4 is 17.4 Å². The highest BCUT2D eigenvalue weighted by Crippen LogP contribution is 2.38. The molecule has 1 N–H and O–H groups in total. The lowest BCUT2D eigenvalue weighted by molar-refractivity contribution is 0.0896. The van der Waals surface area contributed by atoms with Gasteiger partial charge in [-0.05, 0) is 18.6 Å². The molecular weight excluding hydrogens is 276 g/mol. The SMILES string of the molecule is Cc1ccc(C2COc3cc(O)c(Cl)cc3C2=O)cc1. The van der Waals surface area contributed by atoms with Gasteiger partial charge in [0.15, 0.2) is 5.78 Å². The summed E-state index contributed by atoms with van der Waals surface area (Å²) in [6, 6.07) is 10.7. The smallest absolute Gasteiger partial charge is 0.177 e. The third kappa shape index (κ3) is 2.14. The number of hydrogen-bond donors (Lipinski definition) is 1. The van der Waals surface area contributed by atoms with E-state index in [1.165, 1.54) is 12.1 Å². The Labute approximate surface area is 121 Å². The molecule has 0 aromatic heterocycles. The Balaban J connectivity index is 2.00. The minimum absolute atomic E-state index is 0.0306. The summed E-state index contributed by atoms with van der Waals surface area (Å²) in [7, 11) is 0. The topological polar surface area (TPSA) is 46.5 Å².